The normalized spacial score (nSPS) is 32.6. The molecule has 2 heterocycles. The zero-order valence-electron chi connectivity index (χ0n) is 12.5. The Bertz CT molecular complexity index is 492. The Morgan fingerprint density at radius 2 is 2.05 bits per heavy atom. The summed E-state index contributed by atoms with van der Waals surface area (Å²) >= 11 is 0. The van der Waals surface area contributed by atoms with Gasteiger partial charge >= 0.3 is 0 Å². The molecule has 1 aromatic carbocycles. The van der Waals surface area contributed by atoms with E-state index in [-0.39, 0.29) is 18.0 Å². The number of amides is 1. The van der Waals surface area contributed by atoms with E-state index in [9.17, 15) is 4.79 Å². The maximum Gasteiger partial charge on any atom is 0.241 e. The Morgan fingerprint density at radius 1 is 1.29 bits per heavy atom. The fourth-order valence-electron chi connectivity index (χ4n) is 3.44. The van der Waals surface area contributed by atoms with Crippen LogP contribution in [-0.2, 0) is 4.79 Å². The maximum atomic E-state index is 12.7. The molecule has 1 aromatic rings. The number of carbonyl (C=O) groups excluding carboxylic acids is 1. The van der Waals surface area contributed by atoms with Crippen molar-refractivity contribution in [3.8, 4) is 0 Å². The first-order valence-corrected chi connectivity index (χ1v) is 7.75. The molecule has 21 heavy (non-hydrogen) atoms. The van der Waals surface area contributed by atoms with Crippen LogP contribution < -0.4 is 16.6 Å². The molecule has 2 saturated heterocycles. The SMILES string of the molecule is CC1CC(CN)CN1C(=O)C1CC(c2ccccc2)NN1. The summed E-state index contributed by atoms with van der Waals surface area (Å²) in [4.78, 5) is 14.7. The molecule has 2 aliphatic heterocycles. The summed E-state index contributed by atoms with van der Waals surface area (Å²) in [7, 11) is 0. The van der Waals surface area contributed by atoms with E-state index in [1.54, 1.807) is 0 Å². The predicted octanol–water partition coefficient (Wildman–Crippen LogP) is 0.790. The topological polar surface area (TPSA) is 70.4 Å². The molecule has 5 nitrogen and oxygen atoms in total. The lowest BCUT2D eigenvalue weighted by atomic mass is 10.0. The van der Waals surface area contributed by atoms with Crippen molar-refractivity contribution in [1.82, 2.24) is 15.8 Å². The van der Waals surface area contributed by atoms with Crippen LogP contribution in [-0.4, -0.2) is 36.0 Å². The molecule has 4 N–H and O–H groups in total. The van der Waals surface area contributed by atoms with Crippen LogP contribution in [0.3, 0.4) is 0 Å². The van der Waals surface area contributed by atoms with Gasteiger partial charge in [-0.25, -0.2) is 10.9 Å². The van der Waals surface area contributed by atoms with Gasteiger partial charge in [0, 0.05) is 18.6 Å². The number of benzene rings is 1. The standard InChI is InChI=1S/C16H24N4O/c1-11-7-12(9-17)10-20(11)16(21)15-8-14(18-19-15)13-5-3-2-4-6-13/h2-6,11-12,14-15,18-19H,7-10,17H2,1H3. The molecule has 2 fully saturated rings. The summed E-state index contributed by atoms with van der Waals surface area (Å²) in [6.07, 6.45) is 1.81. The average Bonchev–Trinajstić information content (AvgIpc) is 3.14. The number of likely N-dealkylation sites (tertiary alicyclic amines) is 1. The van der Waals surface area contributed by atoms with Gasteiger partial charge < -0.3 is 10.6 Å². The summed E-state index contributed by atoms with van der Waals surface area (Å²) in [6.45, 7) is 3.58. The molecule has 0 saturated carbocycles. The van der Waals surface area contributed by atoms with Crippen LogP contribution in [0.15, 0.2) is 30.3 Å². The van der Waals surface area contributed by atoms with Crippen LogP contribution in [0.4, 0.5) is 0 Å². The highest BCUT2D eigenvalue weighted by Gasteiger charge is 2.38. The quantitative estimate of drug-likeness (QED) is 0.769. The third-order valence-corrected chi connectivity index (χ3v) is 4.68. The first kappa shape index (κ1) is 14.5. The number of hydrazine groups is 1. The largest absolute Gasteiger partial charge is 0.338 e. The summed E-state index contributed by atoms with van der Waals surface area (Å²) in [5.41, 5.74) is 13.4. The monoisotopic (exact) mass is 288 g/mol. The molecule has 3 rings (SSSR count). The van der Waals surface area contributed by atoms with E-state index >= 15 is 0 Å². The molecule has 0 spiro atoms. The van der Waals surface area contributed by atoms with Crippen LogP contribution in [0.1, 0.15) is 31.4 Å². The van der Waals surface area contributed by atoms with Gasteiger partial charge in [-0.05, 0) is 37.8 Å². The van der Waals surface area contributed by atoms with E-state index in [1.807, 2.05) is 23.1 Å². The van der Waals surface area contributed by atoms with Gasteiger partial charge in [0.15, 0.2) is 0 Å². The highest BCUT2D eigenvalue weighted by Crippen LogP contribution is 2.27. The second-order valence-corrected chi connectivity index (χ2v) is 6.22. The van der Waals surface area contributed by atoms with Gasteiger partial charge in [-0.15, -0.1) is 0 Å². The van der Waals surface area contributed by atoms with Crippen molar-refractivity contribution in [3.05, 3.63) is 35.9 Å². The first-order valence-electron chi connectivity index (χ1n) is 7.75. The van der Waals surface area contributed by atoms with E-state index in [4.69, 9.17) is 5.73 Å². The number of hydrogen-bond donors (Lipinski definition) is 3. The summed E-state index contributed by atoms with van der Waals surface area (Å²) in [5, 5.41) is 0. The van der Waals surface area contributed by atoms with Crippen LogP contribution in [0.2, 0.25) is 0 Å². The Labute approximate surface area is 125 Å². The van der Waals surface area contributed by atoms with Crippen molar-refractivity contribution in [3.63, 3.8) is 0 Å². The summed E-state index contributed by atoms with van der Waals surface area (Å²) < 4.78 is 0. The molecule has 2 aliphatic rings. The first-order chi connectivity index (χ1) is 10.2. The van der Waals surface area contributed by atoms with Crippen molar-refractivity contribution in [2.75, 3.05) is 13.1 Å². The number of carbonyl (C=O) groups is 1. The number of nitrogens with one attached hydrogen (secondary N) is 2. The average molecular weight is 288 g/mol. The van der Waals surface area contributed by atoms with Crippen LogP contribution in [0.5, 0.6) is 0 Å². The minimum atomic E-state index is -0.144. The smallest absolute Gasteiger partial charge is 0.241 e. The minimum absolute atomic E-state index is 0.144. The molecule has 4 unspecified atom stereocenters. The molecular formula is C16H24N4O. The Hall–Kier alpha value is -1.43. The third-order valence-electron chi connectivity index (χ3n) is 4.68. The lowest BCUT2D eigenvalue weighted by Crippen LogP contribution is -2.47. The molecule has 0 aromatic heterocycles. The van der Waals surface area contributed by atoms with Gasteiger partial charge in [0.2, 0.25) is 5.91 Å². The van der Waals surface area contributed by atoms with Crippen molar-refractivity contribution in [2.45, 2.75) is 37.9 Å². The van der Waals surface area contributed by atoms with Crippen LogP contribution in [0.25, 0.3) is 0 Å². The van der Waals surface area contributed by atoms with E-state index in [1.165, 1.54) is 5.56 Å². The van der Waals surface area contributed by atoms with E-state index in [0.717, 1.165) is 19.4 Å². The van der Waals surface area contributed by atoms with Crippen LogP contribution in [0, 0.1) is 5.92 Å². The highest BCUT2D eigenvalue weighted by molar-refractivity contribution is 5.82. The van der Waals surface area contributed by atoms with Gasteiger partial charge in [-0.1, -0.05) is 30.3 Å². The van der Waals surface area contributed by atoms with Crippen LogP contribution >= 0.6 is 0 Å². The van der Waals surface area contributed by atoms with Gasteiger partial charge in [0.1, 0.15) is 6.04 Å². The fraction of sp³-hybridized carbons (Fsp3) is 0.562. The zero-order chi connectivity index (χ0) is 14.8. The van der Waals surface area contributed by atoms with E-state index in [2.05, 4.69) is 29.9 Å². The van der Waals surface area contributed by atoms with Crippen molar-refractivity contribution in [2.24, 2.45) is 11.7 Å². The molecule has 114 valence electrons. The molecule has 5 heteroatoms. The summed E-state index contributed by atoms with van der Waals surface area (Å²) in [5.74, 6) is 0.646. The molecule has 4 atom stereocenters. The summed E-state index contributed by atoms with van der Waals surface area (Å²) in [6, 6.07) is 10.6. The number of nitrogens with two attached hydrogens (primary N) is 1. The number of rotatable bonds is 3. The van der Waals surface area contributed by atoms with E-state index < -0.39 is 0 Å². The number of hydrogen-bond acceptors (Lipinski definition) is 4. The third kappa shape index (κ3) is 2.95. The predicted molar refractivity (Wildman–Crippen MR) is 82.2 cm³/mol. The zero-order valence-corrected chi connectivity index (χ0v) is 12.5. The van der Waals surface area contributed by atoms with E-state index in [0.29, 0.717) is 18.5 Å². The second kappa shape index (κ2) is 6.13. The lowest BCUT2D eigenvalue weighted by Gasteiger charge is -2.24. The van der Waals surface area contributed by atoms with Crippen molar-refractivity contribution in [1.29, 1.82) is 0 Å². The van der Waals surface area contributed by atoms with Crippen molar-refractivity contribution < 1.29 is 4.79 Å². The Morgan fingerprint density at radius 3 is 2.71 bits per heavy atom. The fourth-order valence-corrected chi connectivity index (χ4v) is 3.44. The van der Waals surface area contributed by atoms with Gasteiger partial charge in [-0.2, -0.15) is 0 Å². The minimum Gasteiger partial charge on any atom is -0.338 e. The highest BCUT2D eigenvalue weighted by atomic mass is 16.2. The maximum absolute atomic E-state index is 12.7. The Kier molecular flexibility index (Phi) is 4.24. The molecule has 1 amide bonds. The number of nitrogens with zero attached hydrogens (tertiary/aromatic N) is 1. The molecule has 0 bridgehead atoms. The van der Waals surface area contributed by atoms with Gasteiger partial charge in [0.05, 0.1) is 0 Å². The van der Waals surface area contributed by atoms with Gasteiger partial charge in [-0.3, -0.25) is 4.79 Å². The molecule has 0 radical (unpaired) electrons. The molecular weight excluding hydrogens is 264 g/mol. The molecule has 0 aliphatic carbocycles. The Balaban J connectivity index is 1.62. The second-order valence-electron chi connectivity index (χ2n) is 6.22. The lowest BCUT2D eigenvalue weighted by molar-refractivity contribution is -0.133. The van der Waals surface area contributed by atoms with Crippen molar-refractivity contribution >= 4 is 5.91 Å². The van der Waals surface area contributed by atoms with Gasteiger partial charge in [0.25, 0.3) is 0 Å².